The smallest absolute Gasteiger partial charge is 0.411 e. The first-order valence-corrected chi connectivity index (χ1v) is 9.89. The first-order chi connectivity index (χ1) is 14.5. The Balaban J connectivity index is 1.67. The van der Waals surface area contributed by atoms with E-state index in [9.17, 15) is 14.7 Å². The molecule has 0 saturated heterocycles. The van der Waals surface area contributed by atoms with Crippen LogP contribution in [-0.2, 0) is 0 Å². The highest BCUT2D eigenvalue weighted by Crippen LogP contribution is 2.30. The summed E-state index contributed by atoms with van der Waals surface area (Å²) in [6.07, 6.45) is 4.05. The lowest BCUT2D eigenvalue weighted by atomic mass is 10.1. The third-order valence-corrected chi connectivity index (χ3v) is 4.84. The van der Waals surface area contributed by atoms with E-state index in [1.54, 1.807) is 35.2 Å². The number of hydrogen-bond donors (Lipinski definition) is 1. The van der Waals surface area contributed by atoms with E-state index >= 15 is 0 Å². The van der Waals surface area contributed by atoms with Gasteiger partial charge in [-0.3, -0.25) is 14.7 Å². The van der Waals surface area contributed by atoms with Crippen LogP contribution in [0.1, 0.15) is 29.6 Å². The molecule has 1 N–H and O–H groups in total. The van der Waals surface area contributed by atoms with Crippen LogP contribution in [0.4, 0.5) is 10.5 Å². The zero-order valence-corrected chi connectivity index (χ0v) is 17.0. The average molecular weight is 429 g/mol. The SMILES string of the molecule is N#CCCN(C(=O)c1cc(Cl)cc(OCCN(C(=O)O)c2ccncc2)c1)C1CC1. The van der Waals surface area contributed by atoms with Crippen molar-refractivity contribution < 1.29 is 19.4 Å². The van der Waals surface area contributed by atoms with Crippen LogP contribution in [0, 0.1) is 11.3 Å². The minimum Gasteiger partial charge on any atom is -0.492 e. The van der Waals surface area contributed by atoms with Crippen LogP contribution in [0.15, 0.2) is 42.7 Å². The Morgan fingerprint density at radius 3 is 2.60 bits per heavy atom. The monoisotopic (exact) mass is 428 g/mol. The van der Waals surface area contributed by atoms with Gasteiger partial charge < -0.3 is 14.7 Å². The average Bonchev–Trinajstić information content (AvgIpc) is 3.56. The van der Waals surface area contributed by atoms with Crippen molar-refractivity contribution in [2.75, 3.05) is 24.6 Å². The molecule has 30 heavy (non-hydrogen) atoms. The van der Waals surface area contributed by atoms with Crippen molar-refractivity contribution >= 4 is 29.3 Å². The molecular weight excluding hydrogens is 408 g/mol. The van der Waals surface area contributed by atoms with Crippen molar-refractivity contribution in [2.24, 2.45) is 0 Å². The molecule has 9 heteroatoms. The fourth-order valence-electron chi connectivity index (χ4n) is 3.06. The summed E-state index contributed by atoms with van der Waals surface area (Å²) in [6.45, 7) is 0.539. The van der Waals surface area contributed by atoms with Crippen LogP contribution in [0.2, 0.25) is 5.02 Å². The summed E-state index contributed by atoms with van der Waals surface area (Å²) in [7, 11) is 0. The maximum atomic E-state index is 12.9. The molecule has 0 atom stereocenters. The molecule has 0 spiro atoms. The number of hydrogen-bond acceptors (Lipinski definition) is 5. The number of carbonyl (C=O) groups is 2. The van der Waals surface area contributed by atoms with Crippen LogP contribution >= 0.6 is 11.6 Å². The van der Waals surface area contributed by atoms with Gasteiger partial charge in [-0.15, -0.1) is 0 Å². The van der Waals surface area contributed by atoms with E-state index in [1.165, 1.54) is 12.4 Å². The fourth-order valence-corrected chi connectivity index (χ4v) is 3.28. The van der Waals surface area contributed by atoms with Gasteiger partial charge in [0.25, 0.3) is 5.91 Å². The van der Waals surface area contributed by atoms with Gasteiger partial charge >= 0.3 is 6.09 Å². The number of carboxylic acid groups (broad SMARTS) is 1. The molecular formula is C21H21ClN4O4. The van der Waals surface area contributed by atoms with Crippen LogP contribution in [0.5, 0.6) is 5.75 Å². The molecule has 8 nitrogen and oxygen atoms in total. The molecule has 0 aliphatic heterocycles. The molecule has 156 valence electrons. The summed E-state index contributed by atoms with van der Waals surface area (Å²) in [6, 6.07) is 10.2. The van der Waals surface area contributed by atoms with E-state index in [0.717, 1.165) is 17.7 Å². The minimum atomic E-state index is -1.11. The number of ether oxygens (including phenoxy) is 1. The van der Waals surface area contributed by atoms with Gasteiger partial charge in [-0.05, 0) is 43.2 Å². The van der Waals surface area contributed by atoms with Crippen molar-refractivity contribution in [3.05, 3.63) is 53.3 Å². The Kier molecular flexibility index (Phi) is 7.09. The van der Waals surface area contributed by atoms with E-state index in [1.807, 2.05) is 0 Å². The highest BCUT2D eigenvalue weighted by Gasteiger charge is 2.33. The second-order valence-corrected chi connectivity index (χ2v) is 7.24. The van der Waals surface area contributed by atoms with Crippen molar-refractivity contribution in [1.29, 1.82) is 5.26 Å². The standard InChI is InChI=1S/C21H21ClN4O4/c22-16-12-15(20(27)25(9-1-6-23)17-2-3-17)13-19(14-16)30-11-10-26(21(28)29)18-4-7-24-8-5-18/h4-5,7-8,12-14,17H,1-3,9-11H2,(H,28,29). The normalized spacial score (nSPS) is 12.7. The maximum absolute atomic E-state index is 12.9. The molecule has 0 radical (unpaired) electrons. The molecule has 1 aromatic carbocycles. The summed E-state index contributed by atoms with van der Waals surface area (Å²) in [5.74, 6) is 0.186. The molecule has 2 amide bonds. The molecule has 1 aliphatic carbocycles. The highest BCUT2D eigenvalue weighted by molar-refractivity contribution is 6.31. The summed E-state index contributed by atoms with van der Waals surface area (Å²) >= 11 is 6.17. The predicted molar refractivity (Wildman–Crippen MR) is 111 cm³/mol. The number of benzene rings is 1. The maximum Gasteiger partial charge on any atom is 0.411 e. The second kappa shape index (κ2) is 9.94. The third-order valence-electron chi connectivity index (χ3n) is 4.62. The molecule has 3 rings (SSSR count). The zero-order valence-electron chi connectivity index (χ0n) is 16.2. The Morgan fingerprint density at radius 2 is 1.97 bits per heavy atom. The lowest BCUT2D eigenvalue weighted by Crippen LogP contribution is -2.34. The van der Waals surface area contributed by atoms with Crippen molar-refractivity contribution in [3.8, 4) is 11.8 Å². The Hall–Kier alpha value is -3.31. The lowest BCUT2D eigenvalue weighted by molar-refractivity contribution is 0.0746. The molecule has 1 fully saturated rings. The van der Waals surface area contributed by atoms with E-state index in [2.05, 4.69) is 11.1 Å². The molecule has 1 aromatic heterocycles. The zero-order chi connectivity index (χ0) is 21.5. The first-order valence-electron chi connectivity index (χ1n) is 9.51. The Labute approximate surface area is 179 Å². The molecule has 1 heterocycles. The van der Waals surface area contributed by atoms with Gasteiger partial charge in [-0.25, -0.2) is 4.79 Å². The number of anilines is 1. The minimum absolute atomic E-state index is 0.0728. The van der Waals surface area contributed by atoms with Gasteiger partial charge in [-0.1, -0.05) is 11.6 Å². The van der Waals surface area contributed by atoms with E-state index in [-0.39, 0.29) is 31.5 Å². The van der Waals surface area contributed by atoms with E-state index in [0.29, 0.717) is 28.6 Å². The summed E-state index contributed by atoms with van der Waals surface area (Å²) in [5.41, 5.74) is 0.868. The molecule has 2 aromatic rings. The molecule has 1 saturated carbocycles. The molecule has 0 bridgehead atoms. The van der Waals surface area contributed by atoms with Gasteiger partial charge in [0.05, 0.1) is 24.7 Å². The number of rotatable bonds is 9. The van der Waals surface area contributed by atoms with Crippen molar-refractivity contribution in [2.45, 2.75) is 25.3 Å². The number of nitrogens with zero attached hydrogens (tertiary/aromatic N) is 4. The van der Waals surface area contributed by atoms with Crippen LogP contribution in [-0.4, -0.2) is 52.7 Å². The topological polar surface area (TPSA) is 107 Å². The van der Waals surface area contributed by atoms with Gasteiger partial charge in [0.2, 0.25) is 0 Å². The molecule has 1 aliphatic rings. The number of halogens is 1. The van der Waals surface area contributed by atoms with Crippen LogP contribution in [0.25, 0.3) is 0 Å². The quantitative estimate of drug-likeness (QED) is 0.650. The number of carbonyl (C=O) groups excluding carboxylic acids is 1. The number of nitriles is 1. The van der Waals surface area contributed by atoms with Gasteiger partial charge in [-0.2, -0.15) is 5.26 Å². The van der Waals surface area contributed by atoms with Crippen molar-refractivity contribution in [1.82, 2.24) is 9.88 Å². The molecule has 0 unspecified atom stereocenters. The van der Waals surface area contributed by atoms with Gasteiger partial charge in [0.15, 0.2) is 0 Å². The summed E-state index contributed by atoms with van der Waals surface area (Å²) < 4.78 is 5.69. The highest BCUT2D eigenvalue weighted by atomic mass is 35.5. The lowest BCUT2D eigenvalue weighted by Gasteiger charge is -2.22. The van der Waals surface area contributed by atoms with Crippen LogP contribution in [0.3, 0.4) is 0 Å². The predicted octanol–water partition coefficient (Wildman–Crippen LogP) is 3.82. The first kappa shape index (κ1) is 21.4. The summed E-state index contributed by atoms with van der Waals surface area (Å²) in [4.78, 5) is 31.2. The fraction of sp³-hybridized carbons (Fsp3) is 0.333. The third kappa shape index (κ3) is 5.61. The number of amides is 2. The van der Waals surface area contributed by atoms with Gasteiger partial charge in [0, 0.05) is 35.6 Å². The van der Waals surface area contributed by atoms with E-state index < -0.39 is 6.09 Å². The van der Waals surface area contributed by atoms with Crippen molar-refractivity contribution in [3.63, 3.8) is 0 Å². The second-order valence-electron chi connectivity index (χ2n) is 6.80. The Morgan fingerprint density at radius 1 is 1.23 bits per heavy atom. The Bertz CT molecular complexity index is 944. The summed E-state index contributed by atoms with van der Waals surface area (Å²) in [5, 5.41) is 18.6. The van der Waals surface area contributed by atoms with Gasteiger partial charge in [0.1, 0.15) is 12.4 Å². The van der Waals surface area contributed by atoms with Crippen LogP contribution < -0.4 is 9.64 Å². The number of aromatic nitrogens is 1. The largest absolute Gasteiger partial charge is 0.492 e. The van der Waals surface area contributed by atoms with E-state index in [4.69, 9.17) is 21.6 Å². The number of pyridine rings is 1.